The average Bonchev–Trinajstić information content (AvgIpc) is 3.37. The summed E-state index contributed by atoms with van der Waals surface area (Å²) in [5.74, 6) is 1.23. The molecule has 30 heavy (non-hydrogen) atoms. The summed E-state index contributed by atoms with van der Waals surface area (Å²) in [5, 5.41) is 4.21. The Bertz CT molecular complexity index is 1240. The molecule has 1 atom stereocenters. The van der Waals surface area contributed by atoms with E-state index in [9.17, 15) is 4.79 Å². The number of ether oxygens (including phenoxy) is 1. The van der Waals surface area contributed by atoms with Crippen molar-refractivity contribution in [3.8, 4) is 5.75 Å². The number of fused-ring (bicyclic) bond motifs is 1. The lowest BCUT2D eigenvalue weighted by molar-refractivity contribution is 0.0936. The number of carbonyl (C=O) groups is 1. The third kappa shape index (κ3) is 3.34. The molecular formula is C24H26N4O2. The lowest BCUT2D eigenvalue weighted by atomic mass is 10.0. The monoisotopic (exact) mass is 402 g/mol. The molecule has 154 valence electrons. The first kappa shape index (κ1) is 19.8. The van der Waals surface area contributed by atoms with E-state index in [1.807, 2.05) is 48.1 Å². The van der Waals surface area contributed by atoms with Crippen molar-refractivity contribution in [2.45, 2.75) is 26.8 Å². The fourth-order valence-electron chi connectivity index (χ4n) is 3.94. The van der Waals surface area contributed by atoms with Gasteiger partial charge in [-0.25, -0.2) is 4.98 Å². The van der Waals surface area contributed by atoms with E-state index in [2.05, 4.69) is 42.1 Å². The standard InChI is InChI=1S/C24H26N4O2/c1-14-12-15(2)18-13-19(26-21(18)16(14)3)24(29)27-22(23-25-10-11-28(23)4)17-8-6-7-9-20(17)30-5/h6-13,22,26H,1-5H3,(H,27,29). The molecule has 2 heterocycles. The maximum absolute atomic E-state index is 13.3. The van der Waals surface area contributed by atoms with Gasteiger partial charge in [-0.15, -0.1) is 0 Å². The molecule has 0 aliphatic heterocycles. The van der Waals surface area contributed by atoms with Gasteiger partial charge in [0.25, 0.3) is 5.91 Å². The van der Waals surface area contributed by atoms with Gasteiger partial charge in [0.05, 0.1) is 7.11 Å². The molecule has 2 aromatic heterocycles. The number of carbonyl (C=O) groups excluding carboxylic acids is 1. The number of aromatic amines is 1. The molecule has 0 radical (unpaired) electrons. The number of nitrogens with one attached hydrogen (secondary N) is 2. The van der Waals surface area contributed by atoms with Gasteiger partial charge in [-0.2, -0.15) is 0 Å². The van der Waals surface area contributed by atoms with E-state index in [1.54, 1.807) is 13.3 Å². The molecule has 0 aliphatic rings. The number of benzene rings is 2. The molecule has 6 heteroatoms. The third-order valence-electron chi connectivity index (χ3n) is 5.73. The average molecular weight is 402 g/mol. The number of aryl methyl sites for hydroxylation is 4. The van der Waals surface area contributed by atoms with E-state index in [0.29, 0.717) is 11.4 Å². The topological polar surface area (TPSA) is 71.9 Å². The molecule has 1 unspecified atom stereocenters. The lowest BCUT2D eigenvalue weighted by Crippen LogP contribution is -2.31. The molecule has 2 N–H and O–H groups in total. The SMILES string of the molecule is COc1ccccc1C(NC(=O)c1cc2c(C)cc(C)c(C)c2[nH]1)c1nccn1C. The van der Waals surface area contributed by atoms with Crippen LogP contribution in [0.5, 0.6) is 5.75 Å². The first-order chi connectivity index (χ1) is 14.4. The summed E-state index contributed by atoms with van der Waals surface area (Å²) in [6.45, 7) is 6.22. The van der Waals surface area contributed by atoms with Crippen molar-refractivity contribution < 1.29 is 9.53 Å². The van der Waals surface area contributed by atoms with Crippen LogP contribution in [0, 0.1) is 20.8 Å². The van der Waals surface area contributed by atoms with Crippen molar-refractivity contribution in [3.05, 3.63) is 82.6 Å². The zero-order valence-electron chi connectivity index (χ0n) is 17.9. The summed E-state index contributed by atoms with van der Waals surface area (Å²) >= 11 is 0. The number of nitrogens with zero attached hydrogens (tertiary/aromatic N) is 2. The summed E-state index contributed by atoms with van der Waals surface area (Å²) < 4.78 is 7.45. The number of H-pyrrole nitrogens is 1. The van der Waals surface area contributed by atoms with Crippen molar-refractivity contribution >= 4 is 16.8 Å². The maximum Gasteiger partial charge on any atom is 0.268 e. The van der Waals surface area contributed by atoms with Crippen LogP contribution in [0.2, 0.25) is 0 Å². The highest BCUT2D eigenvalue weighted by Gasteiger charge is 2.25. The van der Waals surface area contributed by atoms with Gasteiger partial charge < -0.3 is 19.6 Å². The predicted molar refractivity (Wildman–Crippen MR) is 118 cm³/mol. The Kier molecular flexibility index (Phi) is 5.08. The zero-order valence-corrected chi connectivity index (χ0v) is 17.9. The zero-order chi connectivity index (χ0) is 21.4. The summed E-state index contributed by atoms with van der Waals surface area (Å²) in [6.07, 6.45) is 3.59. The van der Waals surface area contributed by atoms with Crippen molar-refractivity contribution in [1.82, 2.24) is 19.9 Å². The number of para-hydroxylation sites is 1. The number of hydrogen-bond acceptors (Lipinski definition) is 3. The highest BCUT2D eigenvalue weighted by molar-refractivity contribution is 6.00. The Hall–Kier alpha value is -3.54. The minimum absolute atomic E-state index is 0.193. The van der Waals surface area contributed by atoms with Crippen LogP contribution in [0.25, 0.3) is 10.9 Å². The van der Waals surface area contributed by atoms with Crippen LogP contribution >= 0.6 is 0 Å². The Balaban J connectivity index is 1.76. The van der Waals surface area contributed by atoms with Gasteiger partial charge in [-0.3, -0.25) is 4.79 Å². The number of aromatic nitrogens is 3. The molecule has 2 aromatic carbocycles. The van der Waals surface area contributed by atoms with Gasteiger partial charge in [0, 0.05) is 35.9 Å². The molecule has 0 saturated carbocycles. The molecule has 4 aromatic rings. The molecular weight excluding hydrogens is 376 g/mol. The van der Waals surface area contributed by atoms with Crippen molar-refractivity contribution in [2.75, 3.05) is 7.11 Å². The van der Waals surface area contributed by atoms with Gasteiger partial charge in [-0.05, 0) is 49.6 Å². The van der Waals surface area contributed by atoms with Gasteiger partial charge in [0.1, 0.15) is 23.3 Å². The van der Waals surface area contributed by atoms with Gasteiger partial charge >= 0.3 is 0 Å². The number of amides is 1. The Morgan fingerprint density at radius 1 is 1.17 bits per heavy atom. The number of methoxy groups -OCH3 is 1. The maximum atomic E-state index is 13.3. The summed E-state index contributed by atoms with van der Waals surface area (Å²) in [5.41, 5.74) is 5.88. The molecule has 0 bridgehead atoms. The molecule has 0 aliphatic carbocycles. The molecule has 0 saturated heterocycles. The summed E-state index contributed by atoms with van der Waals surface area (Å²) in [7, 11) is 3.54. The number of hydrogen-bond donors (Lipinski definition) is 2. The van der Waals surface area contributed by atoms with Crippen LogP contribution in [-0.4, -0.2) is 27.6 Å². The first-order valence-corrected chi connectivity index (χ1v) is 9.91. The Labute approximate surface area is 175 Å². The van der Waals surface area contributed by atoms with E-state index in [0.717, 1.165) is 33.4 Å². The molecule has 4 rings (SSSR count). The van der Waals surface area contributed by atoms with E-state index >= 15 is 0 Å². The van der Waals surface area contributed by atoms with Crippen LogP contribution in [-0.2, 0) is 7.05 Å². The normalized spacial score (nSPS) is 12.2. The van der Waals surface area contributed by atoms with E-state index in [1.165, 1.54) is 5.56 Å². The minimum atomic E-state index is -0.455. The number of imidazole rings is 1. The largest absolute Gasteiger partial charge is 0.496 e. The van der Waals surface area contributed by atoms with Gasteiger partial charge in [0.2, 0.25) is 0 Å². The predicted octanol–water partition coefficient (Wildman–Crippen LogP) is 4.35. The molecule has 1 amide bonds. The van der Waals surface area contributed by atoms with Gasteiger partial charge in [0.15, 0.2) is 0 Å². The molecule has 6 nitrogen and oxygen atoms in total. The van der Waals surface area contributed by atoms with Crippen LogP contribution < -0.4 is 10.1 Å². The van der Waals surface area contributed by atoms with Crippen LogP contribution in [0.4, 0.5) is 0 Å². The Morgan fingerprint density at radius 2 is 1.93 bits per heavy atom. The van der Waals surface area contributed by atoms with Crippen LogP contribution in [0.1, 0.15) is 44.6 Å². The van der Waals surface area contributed by atoms with E-state index in [-0.39, 0.29) is 5.91 Å². The second-order valence-corrected chi connectivity index (χ2v) is 7.65. The first-order valence-electron chi connectivity index (χ1n) is 9.91. The van der Waals surface area contributed by atoms with Gasteiger partial charge in [-0.1, -0.05) is 24.3 Å². The lowest BCUT2D eigenvalue weighted by Gasteiger charge is -2.21. The number of rotatable bonds is 5. The van der Waals surface area contributed by atoms with Crippen LogP contribution in [0.15, 0.2) is 48.8 Å². The quantitative estimate of drug-likeness (QED) is 0.521. The van der Waals surface area contributed by atoms with Crippen molar-refractivity contribution in [2.24, 2.45) is 7.05 Å². The third-order valence-corrected chi connectivity index (χ3v) is 5.73. The minimum Gasteiger partial charge on any atom is -0.496 e. The summed E-state index contributed by atoms with van der Waals surface area (Å²) in [6, 6.07) is 11.3. The van der Waals surface area contributed by atoms with Crippen molar-refractivity contribution in [3.63, 3.8) is 0 Å². The summed E-state index contributed by atoms with van der Waals surface area (Å²) in [4.78, 5) is 21.1. The van der Waals surface area contributed by atoms with Crippen LogP contribution in [0.3, 0.4) is 0 Å². The highest BCUT2D eigenvalue weighted by atomic mass is 16.5. The second-order valence-electron chi connectivity index (χ2n) is 7.65. The highest BCUT2D eigenvalue weighted by Crippen LogP contribution is 2.30. The van der Waals surface area contributed by atoms with E-state index in [4.69, 9.17) is 4.74 Å². The Morgan fingerprint density at radius 3 is 2.63 bits per heavy atom. The molecule has 0 fully saturated rings. The van der Waals surface area contributed by atoms with Crippen molar-refractivity contribution in [1.29, 1.82) is 0 Å². The molecule has 0 spiro atoms. The van der Waals surface area contributed by atoms with E-state index < -0.39 is 6.04 Å². The fourth-order valence-corrected chi connectivity index (χ4v) is 3.94. The second kappa shape index (κ2) is 7.71. The fraction of sp³-hybridized carbons (Fsp3) is 0.250. The smallest absolute Gasteiger partial charge is 0.268 e.